The van der Waals surface area contributed by atoms with Gasteiger partial charge in [-0.05, 0) is 30.9 Å². The van der Waals surface area contributed by atoms with Crippen LogP contribution in [0, 0.1) is 5.92 Å². The van der Waals surface area contributed by atoms with Gasteiger partial charge in [-0.1, -0.05) is 37.3 Å². The Bertz CT molecular complexity index is 373. The molecule has 1 aromatic rings. The van der Waals surface area contributed by atoms with Gasteiger partial charge in [-0.25, -0.2) is 0 Å². The highest BCUT2D eigenvalue weighted by Crippen LogP contribution is 2.28. The number of halogens is 1. The number of benzene rings is 1. The summed E-state index contributed by atoms with van der Waals surface area (Å²) in [6, 6.07) is 5.74. The lowest BCUT2D eigenvalue weighted by atomic mass is 10.0. The summed E-state index contributed by atoms with van der Waals surface area (Å²) in [4.78, 5) is 0. The van der Waals surface area contributed by atoms with Crippen LogP contribution in [0.1, 0.15) is 38.5 Å². The fourth-order valence-electron chi connectivity index (χ4n) is 2.59. The van der Waals surface area contributed by atoms with Crippen molar-refractivity contribution in [2.45, 2.75) is 38.5 Å². The SMILES string of the molecule is COc1ccc(Cl)c(NCC2CCCCCC2)c1. The number of methoxy groups -OCH3 is 1. The van der Waals surface area contributed by atoms with Crippen LogP contribution >= 0.6 is 11.6 Å². The summed E-state index contributed by atoms with van der Waals surface area (Å²) in [5, 5.41) is 4.24. The van der Waals surface area contributed by atoms with E-state index in [1.807, 2.05) is 18.2 Å². The first-order chi connectivity index (χ1) is 8.79. The van der Waals surface area contributed by atoms with Gasteiger partial charge in [0.05, 0.1) is 17.8 Å². The van der Waals surface area contributed by atoms with Gasteiger partial charge in [-0.3, -0.25) is 0 Å². The molecule has 2 nitrogen and oxygen atoms in total. The number of ether oxygens (including phenoxy) is 1. The third-order valence-electron chi connectivity index (χ3n) is 3.73. The maximum absolute atomic E-state index is 6.19. The van der Waals surface area contributed by atoms with Gasteiger partial charge >= 0.3 is 0 Å². The van der Waals surface area contributed by atoms with Gasteiger partial charge in [-0.15, -0.1) is 0 Å². The van der Waals surface area contributed by atoms with E-state index in [0.29, 0.717) is 0 Å². The van der Waals surface area contributed by atoms with E-state index in [-0.39, 0.29) is 0 Å². The predicted molar refractivity (Wildman–Crippen MR) is 77.7 cm³/mol. The normalized spacial score (nSPS) is 17.2. The minimum Gasteiger partial charge on any atom is -0.497 e. The van der Waals surface area contributed by atoms with Gasteiger partial charge < -0.3 is 10.1 Å². The average Bonchev–Trinajstić information content (AvgIpc) is 2.66. The average molecular weight is 268 g/mol. The Labute approximate surface area is 115 Å². The lowest BCUT2D eigenvalue weighted by Crippen LogP contribution is -2.13. The van der Waals surface area contributed by atoms with Crippen LogP contribution in [0.3, 0.4) is 0 Å². The summed E-state index contributed by atoms with van der Waals surface area (Å²) < 4.78 is 5.22. The maximum Gasteiger partial charge on any atom is 0.121 e. The Morgan fingerprint density at radius 2 is 1.94 bits per heavy atom. The van der Waals surface area contributed by atoms with E-state index in [1.165, 1.54) is 38.5 Å². The minimum absolute atomic E-state index is 0.768. The first-order valence-corrected chi connectivity index (χ1v) is 7.25. The summed E-state index contributed by atoms with van der Waals surface area (Å²) in [5.74, 6) is 1.64. The molecule has 0 atom stereocenters. The Balaban J connectivity index is 1.92. The highest BCUT2D eigenvalue weighted by molar-refractivity contribution is 6.33. The van der Waals surface area contributed by atoms with Crippen molar-refractivity contribution in [1.82, 2.24) is 0 Å². The van der Waals surface area contributed by atoms with E-state index < -0.39 is 0 Å². The van der Waals surface area contributed by atoms with E-state index in [0.717, 1.165) is 28.9 Å². The standard InChI is InChI=1S/C15H22ClNO/c1-18-13-8-9-14(16)15(10-13)17-11-12-6-4-2-3-5-7-12/h8-10,12,17H,2-7,11H2,1H3. The zero-order valence-corrected chi connectivity index (χ0v) is 11.8. The van der Waals surface area contributed by atoms with Crippen molar-refractivity contribution in [2.75, 3.05) is 19.0 Å². The number of anilines is 1. The van der Waals surface area contributed by atoms with Crippen molar-refractivity contribution in [3.05, 3.63) is 23.2 Å². The molecule has 0 unspecified atom stereocenters. The van der Waals surface area contributed by atoms with Crippen LogP contribution in [0.15, 0.2) is 18.2 Å². The largest absolute Gasteiger partial charge is 0.497 e. The minimum atomic E-state index is 0.768. The second-order valence-corrected chi connectivity index (χ2v) is 5.49. The van der Waals surface area contributed by atoms with Gasteiger partial charge in [0.1, 0.15) is 5.75 Å². The molecule has 0 spiro atoms. The molecule has 1 saturated carbocycles. The molecule has 1 aliphatic carbocycles. The second-order valence-electron chi connectivity index (χ2n) is 5.08. The fourth-order valence-corrected chi connectivity index (χ4v) is 2.77. The highest BCUT2D eigenvalue weighted by atomic mass is 35.5. The van der Waals surface area contributed by atoms with Crippen molar-refractivity contribution < 1.29 is 4.74 Å². The van der Waals surface area contributed by atoms with Crippen LogP contribution in [0.25, 0.3) is 0 Å². The topological polar surface area (TPSA) is 21.3 Å². The third-order valence-corrected chi connectivity index (χ3v) is 4.06. The van der Waals surface area contributed by atoms with Crippen LogP contribution in [-0.2, 0) is 0 Å². The third kappa shape index (κ3) is 3.81. The van der Waals surface area contributed by atoms with Crippen molar-refractivity contribution in [3.8, 4) is 5.75 Å². The predicted octanol–water partition coefficient (Wildman–Crippen LogP) is 4.73. The molecule has 0 amide bonds. The van der Waals surface area contributed by atoms with Gasteiger partial charge in [0.2, 0.25) is 0 Å². The maximum atomic E-state index is 6.19. The van der Waals surface area contributed by atoms with E-state index >= 15 is 0 Å². The molecule has 0 radical (unpaired) electrons. The Morgan fingerprint density at radius 1 is 1.22 bits per heavy atom. The molecule has 18 heavy (non-hydrogen) atoms. The summed E-state index contributed by atoms with van der Waals surface area (Å²) in [7, 11) is 1.68. The first-order valence-electron chi connectivity index (χ1n) is 6.87. The van der Waals surface area contributed by atoms with Crippen LogP contribution in [-0.4, -0.2) is 13.7 Å². The molecule has 1 aliphatic rings. The molecule has 1 aromatic carbocycles. The molecule has 0 bridgehead atoms. The Kier molecular flexibility index (Phi) is 5.18. The van der Waals surface area contributed by atoms with E-state index in [9.17, 15) is 0 Å². The van der Waals surface area contributed by atoms with Gasteiger partial charge in [0.15, 0.2) is 0 Å². The second kappa shape index (κ2) is 6.89. The van der Waals surface area contributed by atoms with Crippen LogP contribution in [0.4, 0.5) is 5.69 Å². The molecule has 0 aliphatic heterocycles. The summed E-state index contributed by atoms with van der Waals surface area (Å²) in [6.45, 7) is 1.02. The molecule has 100 valence electrons. The van der Waals surface area contributed by atoms with Crippen molar-refractivity contribution in [2.24, 2.45) is 5.92 Å². The van der Waals surface area contributed by atoms with E-state index in [4.69, 9.17) is 16.3 Å². The molecule has 3 heteroatoms. The number of rotatable bonds is 4. The number of hydrogen-bond donors (Lipinski definition) is 1. The van der Waals surface area contributed by atoms with Crippen LogP contribution in [0.2, 0.25) is 5.02 Å². The highest BCUT2D eigenvalue weighted by Gasteiger charge is 2.12. The first kappa shape index (κ1) is 13.5. The summed E-state index contributed by atoms with van der Waals surface area (Å²) in [5.41, 5.74) is 0.986. The zero-order chi connectivity index (χ0) is 12.8. The fraction of sp³-hybridized carbons (Fsp3) is 0.600. The Morgan fingerprint density at radius 3 is 2.61 bits per heavy atom. The van der Waals surface area contributed by atoms with Crippen LogP contribution < -0.4 is 10.1 Å². The summed E-state index contributed by atoms with van der Waals surface area (Å²) >= 11 is 6.19. The van der Waals surface area contributed by atoms with Crippen molar-refractivity contribution >= 4 is 17.3 Å². The lowest BCUT2D eigenvalue weighted by molar-refractivity contribution is 0.415. The quantitative estimate of drug-likeness (QED) is 0.796. The zero-order valence-electron chi connectivity index (χ0n) is 11.0. The molecule has 1 N–H and O–H groups in total. The Hall–Kier alpha value is -0.890. The van der Waals surface area contributed by atoms with Crippen molar-refractivity contribution in [3.63, 3.8) is 0 Å². The number of hydrogen-bond acceptors (Lipinski definition) is 2. The van der Waals surface area contributed by atoms with Gasteiger partial charge in [-0.2, -0.15) is 0 Å². The summed E-state index contributed by atoms with van der Waals surface area (Å²) in [6.07, 6.45) is 8.23. The lowest BCUT2D eigenvalue weighted by Gasteiger charge is -2.17. The monoisotopic (exact) mass is 267 g/mol. The molecule has 0 heterocycles. The molecule has 2 rings (SSSR count). The number of nitrogens with one attached hydrogen (secondary N) is 1. The molecule has 0 saturated heterocycles. The van der Waals surface area contributed by atoms with Crippen LogP contribution in [0.5, 0.6) is 5.75 Å². The van der Waals surface area contributed by atoms with Gasteiger partial charge in [0.25, 0.3) is 0 Å². The van der Waals surface area contributed by atoms with Crippen molar-refractivity contribution in [1.29, 1.82) is 0 Å². The van der Waals surface area contributed by atoms with E-state index in [2.05, 4.69) is 5.32 Å². The molecular weight excluding hydrogens is 246 g/mol. The van der Waals surface area contributed by atoms with E-state index in [1.54, 1.807) is 7.11 Å². The van der Waals surface area contributed by atoms with Gasteiger partial charge in [0, 0.05) is 12.6 Å². The molecular formula is C15H22ClNO. The molecule has 1 fully saturated rings. The smallest absolute Gasteiger partial charge is 0.121 e. The molecule has 0 aromatic heterocycles.